The third-order valence-electron chi connectivity index (χ3n) is 3.66. The lowest BCUT2D eigenvalue weighted by molar-refractivity contribution is 0.0954. The Kier molecular flexibility index (Phi) is 11.9. The molecule has 0 aliphatic rings. The molecule has 0 bridgehead atoms. The van der Waals surface area contributed by atoms with E-state index in [0.29, 0.717) is 46.8 Å². The molecule has 1 aromatic heterocycles. The minimum absolute atomic E-state index is 0. The summed E-state index contributed by atoms with van der Waals surface area (Å²) < 4.78 is 0. The zero-order valence-electron chi connectivity index (χ0n) is 15.9. The van der Waals surface area contributed by atoms with E-state index in [0.717, 1.165) is 0 Å². The second-order valence-corrected chi connectivity index (χ2v) is 6.74. The number of benzene rings is 1. The monoisotopic (exact) mass is 551 g/mol. The zero-order chi connectivity index (χ0) is 20.4. The van der Waals surface area contributed by atoms with Crippen molar-refractivity contribution in [3.63, 3.8) is 0 Å². The van der Waals surface area contributed by atoms with Crippen LogP contribution in [0.2, 0.25) is 10.0 Å². The van der Waals surface area contributed by atoms with Crippen molar-refractivity contribution in [2.24, 2.45) is 4.99 Å². The normalized spacial score (nSPS) is 11.9. The Morgan fingerprint density at radius 3 is 2.48 bits per heavy atom. The molecule has 4 N–H and O–H groups in total. The van der Waals surface area contributed by atoms with E-state index in [-0.39, 0.29) is 36.4 Å². The topological polar surface area (TPSA) is 98.6 Å². The van der Waals surface area contributed by atoms with Crippen molar-refractivity contribution in [2.75, 3.05) is 26.2 Å². The third-order valence-corrected chi connectivity index (χ3v) is 4.10. The van der Waals surface area contributed by atoms with Gasteiger partial charge in [0.05, 0.1) is 18.2 Å². The van der Waals surface area contributed by atoms with E-state index < -0.39 is 6.10 Å². The van der Waals surface area contributed by atoms with Crippen LogP contribution < -0.4 is 16.0 Å². The first-order valence-electron chi connectivity index (χ1n) is 8.84. The molecule has 2 aromatic rings. The predicted octanol–water partition coefficient (Wildman–Crippen LogP) is 3.02. The van der Waals surface area contributed by atoms with E-state index in [1.54, 1.807) is 36.5 Å². The first kappa shape index (κ1) is 25.4. The molecule has 10 heteroatoms. The smallest absolute Gasteiger partial charge is 0.252 e. The lowest BCUT2D eigenvalue weighted by atomic mass is 10.1. The molecule has 0 radical (unpaired) electrons. The summed E-state index contributed by atoms with van der Waals surface area (Å²) in [6.07, 6.45) is 2.29. The van der Waals surface area contributed by atoms with Crippen LogP contribution in [0.15, 0.2) is 47.7 Å². The van der Waals surface area contributed by atoms with Crippen LogP contribution in [-0.4, -0.2) is 48.1 Å². The number of pyridine rings is 1. The Labute approximate surface area is 197 Å². The lowest BCUT2D eigenvalue weighted by Crippen LogP contribution is -2.41. The number of halogens is 3. The number of carbonyl (C=O) groups is 1. The quantitative estimate of drug-likeness (QED) is 0.175. The van der Waals surface area contributed by atoms with Gasteiger partial charge in [-0.2, -0.15) is 0 Å². The molecule has 1 amide bonds. The van der Waals surface area contributed by atoms with Crippen LogP contribution >= 0.6 is 47.2 Å². The van der Waals surface area contributed by atoms with Crippen LogP contribution in [0.25, 0.3) is 0 Å². The van der Waals surface area contributed by atoms with E-state index in [1.165, 1.54) is 6.20 Å². The van der Waals surface area contributed by atoms with Gasteiger partial charge in [0.1, 0.15) is 0 Å². The Hall–Kier alpha value is -1.62. The van der Waals surface area contributed by atoms with Crippen LogP contribution in [0.1, 0.15) is 28.9 Å². The van der Waals surface area contributed by atoms with Crippen molar-refractivity contribution >= 4 is 59.0 Å². The fraction of sp³-hybridized carbons (Fsp3) is 0.316. The molecule has 1 aromatic carbocycles. The Morgan fingerprint density at radius 1 is 1.17 bits per heavy atom. The summed E-state index contributed by atoms with van der Waals surface area (Å²) >= 11 is 11.9. The summed E-state index contributed by atoms with van der Waals surface area (Å²) in [4.78, 5) is 20.2. The summed E-state index contributed by atoms with van der Waals surface area (Å²) in [6, 6.07) is 8.32. The van der Waals surface area contributed by atoms with E-state index >= 15 is 0 Å². The van der Waals surface area contributed by atoms with E-state index in [1.807, 2.05) is 6.92 Å². The Balaban J connectivity index is 0.00000420. The van der Waals surface area contributed by atoms with Gasteiger partial charge in [-0.1, -0.05) is 23.2 Å². The SMILES string of the molecule is CCNC(=NCC(O)c1cc(Cl)cc(Cl)c1)NCCNC(=O)c1cccnc1.I. The lowest BCUT2D eigenvalue weighted by Gasteiger charge is -2.14. The Bertz CT molecular complexity index is 788. The van der Waals surface area contributed by atoms with Crippen LogP contribution in [-0.2, 0) is 0 Å². The summed E-state index contributed by atoms with van der Waals surface area (Å²) in [5, 5.41) is 20.2. The molecular formula is C19H24Cl2IN5O2. The molecule has 0 fully saturated rings. The molecule has 1 atom stereocenters. The van der Waals surface area contributed by atoms with Crippen molar-refractivity contribution < 1.29 is 9.90 Å². The summed E-state index contributed by atoms with van der Waals surface area (Å²) in [6.45, 7) is 3.61. The summed E-state index contributed by atoms with van der Waals surface area (Å²) in [5.41, 5.74) is 1.10. The average molecular weight is 552 g/mol. The highest BCUT2D eigenvalue weighted by Gasteiger charge is 2.10. The molecule has 2 rings (SSSR count). The largest absolute Gasteiger partial charge is 0.386 e. The summed E-state index contributed by atoms with van der Waals surface area (Å²) in [7, 11) is 0. The van der Waals surface area contributed by atoms with E-state index in [4.69, 9.17) is 23.2 Å². The first-order valence-corrected chi connectivity index (χ1v) is 9.59. The molecule has 0 aliphatic carbocycles. The van der Waals surface area contributed by atoms with Gasteiger partial charge in [-0.25, -0.2) is 0 Å². The molecular weight excluding hydrogens is 528 g/mol. The van der Waals surface area contributed by atoms with E-state index in [2.05, 4.69) is 25.9 Å². The maximum Gasteiger partial charge on any atom is 0.252 e. The van der Waals surface area contributed by atoms with Gasteiger partial charge in [0, 0.05) is 42.1 Å². The number of aliphatic hydroxyl groups is 1. The fourth-order valence-electron chi connectivity index (χ4n) is 2.35. The van der Waals surface area contributed by atoms with Gasteiger partial charge >= 0.3 is 0 Å². The van der Waals surface area contributed by atoms with Crippen molar-refractivity contribution in [1.29, 1.82) is 0 Å². The number of hydrogen-bond donors (Lipinski definition) is 4. The number of aliphatic hydroxyl groups excluding tert-OH is 1. The molecule has 0 aliphatic heterocycles. The van der Waals surface area contributed by atoms with Crippen LogP contribution in [0.5, 0.6) is 0 Å². The molecule has 0 saturated heterocycles. The van der Waals surface area contributed by atoms with E-state index in [9.17, 15) is 9.90 Å². The van der Waals surface area contributed by atoms with Gasteiger partial charge in [0.25, 0.3) is 5.91 Å². The molecule has 1 heterocycles. The molecule has 0 spiro atoms. The van der Waals surface area contributed by atoms with Gasteiger partial charge in [-0.05, 0) is 42.8 Å². The fourth-order valence-corrected chi connectivity index (χ4v) is 2.89. The van der Waals surface area contributed by atoms with Gasteiger partial charge in [-0.3, -0.25) is 14.8 Å². The maximum absolute atomic E-state index is 12.0. The number of amides is 1. The number of nitrogens with one attached hydrogen (secondary N) is 3. The van der Waals surface area contributed by atoms with Crippen molar-refractivity contribution in [1.82, 2.24) is 20.9 Å². The number of guanidine groups is 1. The Morgan fingerprint density at radius 2 is 1.86 bits per heavy atom. The number of aromatic nitrogens is 1. The van der Waals surface area contributed by atoms with Gasteiger partial charge in [0.15, 0.2) is 5.96 Å². The van der Waals surface area contributed by atoms with Crippen molar-refractivity contribution in [3.05, 3.63) is 63.9 Å². The summed E-state index contributed by atoms with van der Waals surface area (Å²) in [5.74, 6) is 0.343. The second-order valence-electron chi connectivity index (χ2n) is 5.86. The highest BCUT2D eigenvalue weighted by atomic mass is 127. The number of carbonyl (C=O) groups excluding carboxylic acids is 1. The van der Waals surface area contributed by atoms with Crippen molar-refractivity contribution in [3.8, 4) is 0 Å². The second kappa shape index (κ2) is 13.6. The van der Waals surface area contributed by atoms with Gasteiger partial charge in [-0.15, -0.1) is 24.0 Å². The molecule has 7 nitrogen and oxygen atoms in total. The average Bonchev–Trinajstić information content (AvgIpc) is 2.68. The number of aliphatic imine (C=N–C) groups is 1. The van der Waals surface area contributed by atoms with Gasteiger partial charge in [0.2, 0.25) is 0 Å². The number of hydrogen-bond acceptors (Lipinski definition) is 4. The number of rotatable bonds is 8. The molecule has 29 heavy (non-hydrogen) atoms. The maximum atomic E-state index is 12.0. The highest BCUT2D eigenvalue weighted by Crippen LogP contribution is 2.23. The number of nitrogens with zero attached hydrogens (tertiary/aromatic N) is 2. The molecule has 158 valence electrons. The van der Waals surface area contributed by atoms with Crippen LogP contribution in [0.3, 0.4) is 0 Å². The van der Waals surface area contributed by atoms with Crippen LogP contribution in [0, 0.1) is 0 Å². The van der Waals surface area contributed by atoms with Crippen molar-refractivity contribution in [2.45, 2.75) is 13.0 Å². The zero-order valence-corrected chi connectivity index (χ0v) is 19.7. The molecule has 1 unspecified atom stereocenters. The standard InChI is InChI=1S/C19H23Cl2N5O2.HI/c1-2-23-19(25-7-6-24-18(28)13-4-3-5-22-11-13)26-12-17(27)14-8-15(20)10-16(21)9-14;/h3-5,8-11,17,27H,2,6-7,12H2,1H3,(H,24,28)(H2,23,25,26);1H. The molecule has 0 saturated carbocycles. The van der Waals surface area contributed by atoms with Crippen LogP contribution in [0.4, 0.5) is 0 Å². The minimum atomic E-state index is -0.836. The minimum Gasteiger partial charge on any atom is -0.386 e. The predicted molar refractivity (Wildman–Crippen MR) is 127 cm³/mol. The van der Waals surface area contributed by atoms with Gasteiger partial charge < -0.3 is 21.1 Å². The third kappa shape index (κ3) is 9.16. The highest BCUT2D eigenvalue weighted by molar-refractivity contribution is 14.0. The first-order chi connectivity index (χ1) is 13.5.